The van der Waals surface area contributed by atoms with Gasteiger partial charge in [-0.05, 0) is 67.6 Å². The number of hydrogen-bond acceptors (Lipinski definition) is 2. The number of rotatable bonds is 5. The number of aryl methyl sites for hydroxylation is 2. The van der Waals surface area contributed by atoms with Gasteiger partial charge in [0.05, 0.1) is 0 Å². The molecule has 2 nitrogen and oxygen atoms in total. The Hall–Kier alpha value is -1.32. The highest BCUT2D eigenvalue weighted by atomic mass is 79.9. The smallest absolute Gasteiger partial charge is 0.128 e. The average Bonchev–Trinajstić information content (AvgIpc) is 3.27. The summed E-state index contributed by atoms with van der Waals surface area (Å²) in [6, 6.07) is 13.2. The van der Waals surface area contributed by atoms with Crippen LogP contribution < -0.4 is 10.1 Å². The van der Waals surface area contributed by atoms with Crippen LogP contribution in [-0.2, 0) is 6.54 Å². The minimum absolute atomic E-state index is 0.728. The number of ether oxygens (including phenoxy) is 1. The van der Waals surface area contributed by atoms with Crippen LogP contribution in [0.15, 0.2) is 40.9 Å². The van der Waals surface area contributed by atoms with Gasteiger partial charge in [0, 0.05) is 17.1 Å². The van der Waals surface area contributed by atoms with Gasteiger partial charge in [-0.15, -0.1) is 0 Å². The fourth-order valence-corrected chi connectivity index (χ4v) is 2.60. The van der Waals surface area contributed by atoms with Crippen molar-refractivity contribution >= 4 is 15.9 Å². The van der Waals surface area contributed by atoms with E-state index in [1.807, 2.05) is 6.07 Å². The second-order valence-corrected chi connectivity index (χ2v) is 6.57. The summed E-state index contributed by atoms with van der Waals surface area (Å²) < 4.78 is 7.16. The van der Waals surface area contributed by atoms with E-state index in [0.29, 0.717) is 0 Å². The Morgan fingerprint density at radius 3 is 2.48 bits per heavy atom. The molecule has 110 valence electrons. The van der Waals surface area contributed by atoms with Crippen LogP contribution in [0, 0.1) is 13.8 Å². The van der Waals surface area contributed by atoms with Crippen LogP contribution in [0.3, 0.4) is 0 Å². The lowest BCUT2D eigenvalue weighted by molar-refractivity contribution is 0.480. The predicted molar refractivity (Wildman–Crippen MR) is 90.0 cm³/mol. The number of benzene rings is 2. The molecular weight excluding hydrogens is 326 g/mol. The van der Waals surface area contributed by atoms with Crippen molar-refractivity contribution in [2.45, 2.75) is 39.3 Å². The first-order chi connectivity index (χ1) is 10.1. The van der Waals surface area contributed by atoms with Gasteiger partial charge in [-0.25, -0.2) is 0 Å². The molecule has 0 aliphatic heterocycles. The third-order valence-electron chi connectivity index (χ3n) is 3.72. The van der Waals surface area contributed by atoms with Crippen molar-refractivity contribution in [2.24, 2.45) is 0 Å². The fraction of sp³-hybridized carbons (Fsp3) is 0.333. The molecule has 0 saturated heterocycles. The zero-order valence-corrected chi connectivity index (χ0v) is 14.0. The maximum Gasteiger partial charge on any atom is 0.128 e. The van der Waals surface area contributed by atoms with Crippen LogP contribution in [0.1, 0.15) is 29.5 Å². The van der Waals surface area contributed by atoms with Crippen molar-refractivity contribution in [1.82, 2.24) is 5.32 Å². The molecule has 2 aromatic carbocycles. The zero-order chi connectivity index (χ0) is 14.8. The molecular formula is C18H20BrNO. The third kappa shape index (κ3) is 3.86. The van der Waals surface area contributed by atoms with E-state index in [0.717, 1.165) is 28.6 Å². The molecule has 0 amide bonds. The van der Waals surface area contributed by atoms with E-state index in [9.17, 15) is 0 Å². The lowest BCUT2D eigenvalue weighted by Gasteiger charge is -2.11. The van der Waals surface area contributed by atoms with Crippen LogP contribution in [0.5, 0.6) is 11.5 Å². The first-order valence-corrected chi connectivity index (χ1v) is 8.18. The van der Waals surface area contributed by atoms with E-state index in [1.165, 1.54) is 29.5 Å². The van der Waals surface area contributed by atoms with E-state index in [2.05, 4.69) is 65.4 Å². The Balaban J connectivity index is 1.73. The van der Waals surface area contributed by atoms with Crippen molar-refractivity contribution in [3.63, 3.8) is 0 Å². The van der Waals surface area contributed by atoms with Gasteiger partial charge in [0.2, 0.25) is 0 Å². The highest BCUT2D eigenvalue weighted by Crippen LogP contribution is 2.30. The quantitative estimate of drug-likeness (QED) is 0.812. The first-order valence-electron chi connectivity index (χ1n) is 7.39. The minimum Gasteiger partial charge on any atom is -0.457 e. The topological polar surface area (TPSA) is 21.3 Å². The maximum atomic E-state index is 6.01. The third-order valence-corrected chi connectivity index (χ3v) is 4.97. The first kappa shape index (κ1) is 14.6. The summed E-state index contributed by atoms with van der Waals surface area (Å²) in [7, 11) is 0. The van der Waals surface area contributed by atoms with Crippen LogP contribution in [0.25, 0.3) is 0 Å². The summed E-state index contributed by atoms with van der Waals surface area (Å²) in [5.41, 5.74) is 3.65. The Bertz CT molecular complexity index is 626. The Morgan fingerprint density at radius 1 is 1.10 bits per heavy atom. The summed E-state index contributed by atoms with van der Waals surface area (Å²) in [6.07, 6.45) is 2.63. The van der Waals surface area contributed by atoms with Crippen molar-refractivity contribution < 1.29 is 4.74 Å². The second-order valence-electron chi connectivity index (χ2n) is 5.78. The minimum atomic E-state index is 0.728. The molecule has 2 aromatic rings. The van der Waals surface area contributed by atoms with Crippen LogP contribution >= 0.6 is 15.9 Å². The highest BCUT2D eigenvalue weighted by Gasteiger charge is 2.19. The maximum absolute atomic E-state index is 6.01. The molecule has 0 aromatic heterocycles. The van der Waals surface area contributed by atoms with Gasteiger partial charge in [0.1, 0.15) is 11.5 Å². The molecule has 0 spiro atoms. The van der Waals surface area contributed by atoms with Gasteiger partial charge in [-0.2, -0.15) is 0 Å². The normalized spacial score (nSPS) is 14.2. The molecule has 1 aliphatic carbocycles. The fourth-order valence-electron chi connectivity index (χ4n) is 2.37. The molecule has 1 aliphatic rings. The van der Waals surface area contributed by atoms with Crippen LogP contribution in [0.4, 0.5) is 0 Å². The summed E-state index contributed by atoms with van der Waals surface area (Å²) in [5.74, 6) is 1.78. The molecule has 0 heterocycles. The van der Waals surface area contributed by atoms with Gasteiger partial charge in [-0.1, -0.05) is 28.1 Å². The molecule has 0 bridgehead atoms. The van der Waals surface area contributed by atoms with Crippen LogP contribution in [-0.4, -0.2) is 6.04 Å². The second kappa shape index (κ2) is 6.20. The van der Waals surface area contributed by atoms with E-state index in [4.69, 9.17) is 4.74 Å². The lowest BCUT2D eigenvalue weighted by Crippen LogP contribution is -2.15. The number of halogens is 1. The van der Waals surface area contributed by atoms with Crippen molar-refractivity contribution in [3.05, 3.63) is 57.6 Å². The molecule has 1 fully saturated rings. The van der Waals surface area contributed by atoms with Gasteiger partial charge < -0.3 is 10.1 Å². The Morgan fingerprint density at radius 2 is 1.81 bits per heavy atom. The van der Waals surface area contributed by atoms with E-state index >= 15 is 0 Å². The zero-order valence-electron chi connectivity index (χ0n) is 12.4. The molecule has 1 N–H and O–H groups in total. The summed E-state index contributed by atoms with van der Waals surface area (Å²) in [5, 5.41) is 3.53. The van der Waals surface area contributed by atoms with Gasteiger partial charge in [0.15, 0.2) is 0 Å². The van der Waals surface area contributed by atoms with Crippen molar-refractivity contribution in [1.29, 1.82) is 0 Å². The molecule has 3 heteroatoms. The number of nitrogens with one attached hydrogen (secondary N) is 1. The largest absolute Gasteiger partial charge is 0.457 e. The molecule has 3 rings (SSSR count). The molecule has 0 atom stereocenters. The Kier molecular flexibility index (Phi) is 4.32. The Labute approximate surface area is 134 Å². The van der Waals surface area contributed by atoms with Crippen molar-refractivity contribution in [2.75, 3.05) is 0 Å². The van der Waals surface area contributed by atoms with E-state index in [1.54, 1.807) is 0 Å². The SMILES string of the molecule is Cc1cc(Oc2cccc(CNC3CC3)c2)cc(C)c1Br. The predicted octanol–water partition coefficient (Wildman–Crippen LogP) is 5.11. The van der Waals surface area contributed by atoms with E-state index in [-0.39, 0.29) is 0 Å². The van der Waals surface area contributed by atoms with E-state index < -0.39 is 0 Å². The average molecular weight is 346 g/mol. The van der Waals surface area contributed by atoms with Gasteiger partial charge >= 0.3 is 0 Å². The lowest BCUT2D eigenvalue weighted by atomic mass is 10.1. The summed E-state index contributed by atoms with van der Waals surface area (Å²) >= 11 is 3.59. The van der Waals surface area contributed by atoms with Crippen LogP contribution in [0.2, 0.25) is 0 Å². The van der Waals surface area contributed by atoms with Gasteiger partial charge in [-0.3, -0.25) is 0 Å². The summed E-state index contributed by atoms with van der Waals surface area (Å²) in [6.45, 7) is 5.08. The monoisotopic (exact) mass is 345 g/mol. The highest BCUT2D eigenvalue weighted by molar-refractivity contribution is 9.10. The standard InChI is InChI=1S/C18H20BrNO/c1-12-8-17(9-13(2)18(12)19)21-16-5-3-4-14(10-16)11-20-15-6-7-15/h3-5,8-10,15,20H,6-7,11H2,1-2H3. The molecule has 1 saturated carbocycles. The molecule has 0 unspecified atom stereocenters. The number of hydrogen-bond donors (Lipinski definition) is 1. The van der Waals surface area contributed by atoms with Crippen molar-refractivity contribution in [3.8, 4) is 11.5 Å². The molecule has 21 heavy (non-hydrogen) atoms. The van der Waals surface area contributed by atoms with Gasteiger partial charge in [0.25, 0.3) is 0 Å². The summed E-state index contributed by atoms with van der Waals surface area (Å²) in [4.78, 5) is 0. The molecule has 0 radical (unpaired) electrons.